The molecule has 10 heteroatoms. The second-order valence-electron chi connectivity index (χ2n) is 6.50. The van der Waals surface area contributed by atoms with E-state index >= 15 is 0 Å². The summed E-state index contributed by atoms with van der Waals surface area (Å²) in [5, 5.41) is 13.0. The van der Waals surface area contributed by atoms with E-state index in [9.17, 15) is 8.42 Å². The summed E-state index contributed by atoms with van der Waals surface area (Å²) in [6.45, 7) is 4.70. The maximum atomic E-state index is 12.7. The third-order valence-electron chi connectivity index (χ3n) is 4.86. The lowest BCUT2D eigenvalue weighted by Gasteiger charge is -2.35. The van der Waals surface area contributed by atoms with Crippen LogP contribution in [0.4, 0.5) is 0 Å². The molecule has 9 nitrogen and oxygen atoms in total. The molecule has 4 rings (SSSR count). The molecule has 2 fully saturated rings. The molecule has 0 aromatic carbocycles. The van der Waals surface area contributed by atoms with Gasteiger partial charge in [0.2, 0.25) is 0 Å². The van der Waals surface area contributed by atoms with E-state index in [2.05, 4.69) is 15.3 Å². The summed E-state index contributed by atoms with van der Waals surface area (Å²) in [5.41, 5.74) is 1.63. The summed E-state index contributed by atoms with van der Waals surface area (Å²) in [5.74, 6) is 0.988. The van der Waals surface area contributed by atoms with Crippen LogP contribution in [-0.4, -0.2) is 76.2 Å². The Morgan fingerprint density at radius 1 is 1.04 bits per heavy atom. The van der Waals surface area contributed by atoms with Crippen LogP contribution in [0.1, 0.15) is 30.3 Å². The highest BCUT2D eigenvalue weighted by molar-refractivity contribution is 7.86. The third-order valence-corrected chi connectivity index (χ3v) is 6.90. The first-order valence-electron chi connectivity index (χ1n) is 8.57. The van der Waals surface area contributed by atoms with E-state index in [4.69, 9.17) is 4.74 Å². The molecular formula is C15H22N6O3S. The zero-order chi connectivity index (χ0) is 17.4. The Labute approximate surface area is 146 Å². The van der Waals surface area contributed by atoms with Gasteiger partial charge in [0.25, 0.3) is 10.2 Å². The molecule has 0 bridgehead atoms. The van der Waals surface area contributed by atoms with Crippen LogP contribution in [0, 0.1) is 6.92 Å². The van der Waals surface area contributed by atoms with Gasteiger partial charge in [-0.3, -0.25) is 0 Å². The van der Waals surface area contributed by atoms with Gasteiger partial charge < -0.3 is 4.74 Å². The maximum absolute atomic E-state index is 12.7. The Balaban J connectivity index is 1.48. The molecule has 25 heavy (non-hydrogen) atoms. The maximum Gasteiger partial charge on any atom is 0.282 e. The molecule has 0 saturated carbocycles. The third kappa shape index (κ3) is 3.14. The average molecular weight is 366 g/mol. The minimum atomic E-state index is -3.40. The SMILES string of the molecule is Cc1ccc2nnc(C3CCN(S(=O)(=O)N4CCOCC4)CC3)n2n1. The van der Waals surface area contributed by atoms with Crippen molar-refractivity contribution in [3.05, 3.63) is 23.7 Å². The van der Waals surface area contributed by atoms with Crippen LogP contribution in [0.3, 0.4) is 0 Å². The molecule has 4 heterocycles. The van der Waals surface area contributed by atoms with Crippen molar-refractivity contribution >= 4 is 15.9 Å². The van der Waals surface area contributed by atoms with E-state index in [0.717, 1.165) is 30.0 Å². The molecule has 2 aliphatic heterocycles. The monoisotopic (exact) mass is 366 g/mol. The fraction of sp³-hybridized carbons (Fsp3) is 0.667. The van der Waals surface area contributed by atoms with Crippen LogP contribution >= 0.6 is 0 Å². The number of morpholine rings is 1. The predicted molar refractivity (Wildman–Crippen MR) is 90.4 cm³/mol. The standard InChI is InChI=1S/C15H22N6O3S/c1-12-2-3-14-16-17-15(21(14)18-12)13-4-6-19(7-5-13)25(22,23)20-8-10-24-11-9-20/h2-3,13H,4-11H2,1H3. The topological polar surface area (TPSA) is 92.9 Å². The van der Waals surface area contributed by atoms with Crippen molar-refractivity contribution < 1.29 is 13.2 Å². The van der Waals surface area contributed by atoms with Gasteiger partial charge in [-0.2, -0.15) is 26.6 Å². The number of ether oxygens (including phenoxy) is 1. The zero-order valence-electron chi connectivity index (χ0n) is 14.2. The van der Waals surface area contributed by atoms with Crippen LogP contribution in [-0.2, 0) is 14.9 Å². The molecule has 0 atom stereocenters. The fourth-order valence-electron chi connectivity index (χ4n) is 3.44. The van der Waals surface area contributed by atoms with Crippen LogP contribution in [0.2, 0.25) is 0 Å². The van der Waals surface area contributed by atoms with E-state index < -0.39 is 10.2 Å². The lowest BCUT2D eigenvalue weighted by Crippen LogP contribution is -2.50. The Hall–Kier alpha value is -1.62. The molecule has 136 valence electrons. The van der Waals surface area contributed by atoms with Gasteiger partial charge in [0.05, 0.1) is 18.9 Å². The minimum absolute atomic E-state index is 0.167. The predicted octanol–water partition coefficient (Wildman–Crippen LogP) is 0.189. The van der Waals surface area contributed by atoms with Gasteiger partial charge in [-0.05, 0) is 31.9 Å². The first kappa shape index (κ1) is 16.8. The van der Waals surface area contributed by atoms with Gasteiger partial charge in [-0.1, -0.05) is 0 Å². The Bertz CT molecular complexity index is 853. The van der Waals surface area contributed by atoms with E-state index in [1.807, 2.05) is 19.1 Å². The van der Waals surface area contributed by atoms with E-state index in [-0.39, 0.29) is 5.92 Å². The van der Waals surface area contributed by atoms with Crippen LogP contribution < -0.4 is 0 Å². The summed E-state index contributed by atoms with van der Waals surface area (Å²) in [7, 11) is -3.40. The largest absolute Gasteiger partial charge is 0.379 e. The molecule has 0 aliphatic carbocycles. The van der Waals surface area contributed by atoms with Crippen LogP contribution in [0.15, 0.2) is 12.1 Å². The quantitative estimate of drug-likeness (QED) is 0.770. The Morgan fingerprint density at radius 3 is 2.44 bits per heavy atom. The number of aromatic nitrogens is 4. The highest BCUT2D eigenvalue weighted by atomic mass is 32.2. The van der Waals surface area contributed by atoms with Gasteiger partial charge in [0.15, 0.2) is 11.5 Å². The summed E-state index contributed by atoms with van der Waals surface area (Å²) < 4.78 is 35.6. The smallest absolute Gasteiger partial charge is 0.282 e. The van der Waals surface area contributed by atoms with Crippen molar-refractivity contribution in [1.82, 2.24) is 28.4 Å². The Morgan fingerprint density at radius 2 is 1.72 bits per heavy atom. The molecular weight excluding hydrogens is 344 g/mol. The van der Waals surface area contributed by atoms with Gasteiger partial charge >= 0.3 is 0 Å². The molecule has 2 aromatic heterocycles. The van der Waals surface area contributed by atoms with Gasteiger partial charge in [-0.25, -0.2) is 0 Å². The minimum Gasteiger partial charge on any atom is -0.379 e. The first-order valence-corrected chi connectivity index (χ1v) is 9.97. The highest BCUT2D eigenvalue weighted by Crippen LogP contribution is 2.29. The molecule has 0 radical (unpaired) electrons. The number of nitrogens with zero attached hydrogens (tertiary/aromatic N) is 6. The molecule has 2 aromatic rings. The molecule has 0 amide bonds. The first-order chi connectivity index (χ1) is 12.1. The number of hydrogen-bond donors (Lipinski definition) is 0. The Kier molecular flexibility index (Phi) is 4.44. The number of rotatable bonds is 3. The summed E-state index contributed by atoms with van der Waals surface area (Å²) in [4.78, 5) is 0. The normalized spacial score (nSPS) is 21.8. The molecule has 0 spiro atoms. The number of piperidine rings is 1. The number of fused-ring (bicyclic) bond motifs is 1. The lowest BCUT2D eigenvalue weighted by atomic mass is 9.97. The van der Waals surface area contributed by atoms with Crippen molar-refractivity contribution in [1.29, 1.82) is 0 Å². The highest BCUT2D eigenvalue weighted by Gasteiger charge is 2.35. The molecule has 0 N–H and O–H groups in total. The van der Waals surface area contributed by atoms with Crippen molar-refractivity contribution in [2.45, 2.75) is 25.7 Å². The van der Waals surface area contributed by atoms with E-state index in [0.29, 0.717) is 39.4 Å². The van der Waals surface area contributed by atoms with Crippen molar-refractivity contribution in [3.8, 4) is 0 Å². The second-order valence-corrected chi connectivity index (χ2v) is 8.42. The van der Waals surface area contributed by atoms with E-state index in [1.165, 1.54) is 4.31 Å². The lowest BCUT2D eigenvalue weighted by molar-refractivity contribution is 0.0696. The molecule has 0 unspecified atom stereocenters. The second kappa shape index (κ2) is 6.60. The molecule has 2 aliphatic rings. The summed E-state index contributed by atoms with van der Waals surface area (Å²) in [6, 6.07) is 3.81. The van der Waals surface area contributed by atoms with Crippen molar-refractivity contribution in [2.75, 3.05) is 39.4 Å². The fourth-order valence-corrected chi connectivity index (χ4v) is 5.05. The van der Waals surface area contributed by atoms with Gasteiger partial charge in [-0.15, -0.1) is 10.2 Å². The number of aryl methyl sites for hydroxylation is 1. The summed E-state index contributed by atoms with van der Waals surface area (Å²) in [6.07, 6.45) is 1.44. The van der Waals surface area contributed by atoms with Crippen molar-refractivity contribution in [3.63, 3.8) is 0 Å². The number of hydrogen-bond acceptors (Lipinski definition) is 6. The van der Waals surface area contributed by atoms with Gasteiger partial charge in [0.1, 0.15) is 0 Å². The van der Waals surface area contributed by atoms with Gasteiger partial charge in [0, 0.05) is 32.1 Å². The van der Waals surface area contributed by atoms with Crippen molar-refractivity contribution in [2.24, 2.45) is 0 Å². The zero-order valence-corrected chi connectivity index (χ0v) is 15.0. The van der Waals surface area contributed by atoms with Crippen LogP contribution in [0.25, 0.3) is 5.65 Å². The summed E-state index contributed by atoms with van der Waals surface area (Å²) >= 11 is 0. The van der Waals surface area contributed by atoms with E-state index in [1.54, 1.807) is 8.82 Å². The molecule has 2 saturated heterocycles. The average Bonchev–Trinajstić information content (AvgIpc) is 3.05. The van der Waals surface area contributed by atoms with Crippen LogP contribution in [0.5, 0.6) is 0 Å².